The molecule has 1 amide bonds. The summed E-state index contributed by atoms with van der Waals surface area (Å²) >= 11 is 0. The van der Waals surface area contributed by atoms with E-state index in [4.69, 9.17) is 13.9 Å². The molecule has 1 aromatic heterocycles. The van der Waals surface area contributed by atoms with Gasteiger partial charge in [0.2, 0.25) is 5.76 Å². The Morgan fingerprint density at radius 1 is 1.26 bits per heavy atom. The molecule has 0 radical (unpaired) electrons. The number of rotatable bonds is 5. The van der Waals surface area contributed by atoms with Crippen LogP contribution in [0.1, 0.15) is 38.1 Å². The second-order valence-electron chi connectivity index (χ2n) is 4.86. The molecule has 2 aromatic rings. The van der Waals surface area contributed by atoms with Gasteiger partial charge < -0.3 is 19.2 Å². The highest BCUT2D eigenvalue weighted by Gasteiger charge is 2.17. The van der Waals surface area contributed by atoms with E-state index in [0.29, 0.717) is 22.9 Å². The molecular weight excluding hydrogens is 300 g/mol. The van der Waals surface area contributed by atoms with Crippen molar-refractivity contribution >= 4 is 11.9 Å². The molecule has 0 saturated carbocycles. The minimum absolute atomic E-state index is 0.184. The van der Waals surface area contributed by atoms with Crippen molar-refractivity contribution in [1.82, 2.24) is 10.3 Å². The summed E-state index contributed by atoms with van der Waals surface area (Å²) < 4.78 is 15.1. The summed E-state index contributed by atoms with van der Waals surface area (Å²) in [5.74, 6) is 0.165. The van der Waals surface area contributed by atoms with Gasteiger partial charge in [-0.2, -0.15) is 0 Å². The molecule has 0 saturated heterocycles. The first-order chi connectivity index (χ1) is 11.0. The van der Waals surface area contributed by atoms with Gasteiger partial charge >= 0.3 is 5.97 Å². The highest BCUT2D eigenvalue weighted by Crippen LogP contribution is 2.21. The number of benzene rings is 1. The predicted molar refractivity (Wildman–Crippen MR) is 81.5 cm³/mol. The first kappa shape index (κ1) is 16.5. The lowest BCUT2D eigenvalue weighted by Gasteiger charge is -2.10. The summed E-state index contributed by atoms with van der Waals surface area (Å²) in [6.45, 7) is 3.61. The summed E-state index contributed by atoms with van der Waals surface area (Å²) in [4.78, 5) is 27.9. The number of methoxy groups -OCH3 is 2. The third-order valence-electron chi connectivity index (χ3n) is 3.23. The standard InChI is InChI=1S/C16H18N2O5/c1-9-14(23-10(2)18-9)15(19)17-8-11-5-6-13(21-3)12(7-11)16(20)22-4/h5-7H,8H2,1-4H3,(H,17,19). The third kappa shape index (κ3) is 3.68. The molecule has 1 N–H and O–H groups in total. The summed E-state index contributed by atoms with van der Waals surface area (Å²) in [5.41, 5.74) is 1.56. The molecule has 0 aliphatic heterocycles. The minimum atomic E-state index is -0.503. The van der Waals surface area contributed by atoms with Gasteiger partial charge in [0.05, 0.1) is 19.9 Å². The fraction of sp³-hybridized carbons (Fsp3) is 0.312. The van der Waals surface area contributed by atoms with E-state index in [1.54, 1.807) is 32.0 Å². The lowest BCUT2D eigenvalue weighted by atomic mass is 10.1. The van der Waals surface area contributed by atoms with Crippen molar-refractivity contribution < 1.29 is 23.5 Å². The van der Waals surface area contributed by atoms with Crippen LogP contribution in [0.5, 0.6) is 5.75 Å². The van der Waals surface area contributed by atoms with Gasteiger partial charge in [-0.3, -0.25) is 4.79 Å². The summed E-state index contributed by atoms with van der Waals surface area (Å²) in [5, 5.41) is 2.73. The molecule has 1 aromatic carbocycles. The monoisotopic (exact) mass is 318 g/mol. The molecule has 1 heterocycles. The molecule has 7 nitrogen and oxygen atoms in total. The van der Waals surface area contributed by atoms with Crippen LogP contribution in [-0.4, -0.2) is 31.1 Å². The highest BCUT2D eigenvalue weighted by atomic mass is 16.5. The number of ether oxygens (including phenoxy) is 2. The van der Waals surface area contributed by atoms with Crippen LogP contribution >= 0.6 is 0 Å². The maximum absolute atomic E-state index is 12.1. The number of carbonyl (C=O) groups is 2. The van der Waals surface area contributed by atoms with Crippen molar-refractivity contribution in [2.45, 2.75) is 20.4 Å². The number of aromatic nitrogens is 1. The Bertz CT molecular complexity index is 736. The molecule has 0 unspecified atom stereocenters. The SMILES string of the molecule is COC(=O)c1cc(CNC(=O)c2oc(C)nc2C)ccc1OC. The van der Waals surface area contributed by atoms with Crippen molar-refractivity contribution in [3.63, 3.8) is 0 Å². The number of oxazole rings is 1. The van der Waals surface area contributed by atoms with Crippen molar-refractivity contribution in [2.75, 3.05) is 14.2 Å². The fourth-order valence-electron chi connectivity index (χ4n) is 2.14. The first-order valence-electron chi connectivity index (χ1n) is 6.93. The van der Waals surface area contributed by atoms with Crippen LogP contribution in [0.25, 0.3) is 0 Å². The molecule has 0 fully saturated rings. The molecule has 0 atom stereocenters. The van der Waals surface area contributed by atoms with Gasteiger partial charge in [0.15, 0.2) is 5.89 Å². The van der Waals surface area contributed by atoms with Crippen molar-refractivity contribution in [3.05, 3.63) is 46.7 Å². The maximum atomic E-state index is 12.1. The van der Waals surface area contributed by atoms with Crippen LogP contribution < -0.4 is 10.1 Å². The number of aryl methyl sites for hydroxylation is 2. The lowest BCUT2D eigenvalue weighted by Crippen LogP contribution is -2.23. The molecular formula is C16H18N2O5. The van der Waals surface area contributed by atoms with E-state index in [2.05, 4.69) is 10.3 Å². The lowest BCUT2D eigenvalue weighted by molar-refractivity contribution is 0.0597. The summed E-state index contributed by atoms with van der Waals surface area (Å²) in [7, 11) is 2.77. The number of hydrogen-bond acceptors (Lipinski definition) is 6. The van der Waals surface area contributed by atoms with Gasteiger partial charge in [0.25, 0.3) is 5.91 Å². The van der Waals surface area contributed by atoms with Gasteiger partial charge in [-0.1, -0.05) is 6.07 Å². The fourth-order valence-corrected chi connectivity index (χ4v) is 2.14. The Kier molecular flexibility index (Phi) is 5.00. The zero-order valence-electron chi connectivity index (χ0n) is 13.4. The van der Waals surface area contributed by atoms with E-state index < -0.39 is 5.97 Å². The molecule has 0 aliphatic carbocycles. The second kappa shape index (κ2) is 6.95. The molecule has 122 valence electrons. The average molecular weight is 318 g/mol. The summed E-state index contributed by atoms with van der Waals surface area (Å²) in [6, 6.07) is 5.02. The second-order valence-corrected chi connectivity index (χ2v) is 4.86. The predicted octanol–water partition coefficient (Wildman–Crippen LogP) is 2.02. The number of esters is 1. The van der Waals surface area contributed by atoms with Crippen molar-refractivity contribution in [3.8, 4) is 5.75 Å². The molecule has 7 heteroatoms. The van der Waals surface area contributed by atoms with Crippen LogP contribution in [0.3, 0.4) is 0 Å². The molecule has 0 spiro atoms. The normalized spacial score (nSPS) is 10.3. The van der Waals surface area contributed by atoms with Crippen LogP contribution in [0.15, 0.2) is 22.6 Å². The number of amides is 1. The van der Waals surface area contributed by atoms with E-state index >= 15 is 0 Å². The zero-order valence-corrected chi connectivity index (χ0v) is 13.4. The number of nitrogens with one attached hydrogen (secondary N) is 1. The number of nitrogens with zero attached hydrogens (tertiary/aromatic N) is 1. The van der Waals surface area contributed by atoms with Gasteiger partial charge in [0.1, 0.15) is 11.3 Å². The Morgan fingerprint density at radius 2 is 2.00 bits per heavy atom. The quantitative estimate of drug-likeness (QED) is 0.848. The van der Waals surface area contributed by atoms with E-state index in [-0.39, 0.29) is 18.2 Å². The van der Waals surface area contributed by atoms with Crippen molar-refractivity contribution in [1.29, 1.82) is 0 Å². The largest absolute Gasteiger partial charge is 0.496 e. The van der Waals surface area contributed by atoms with Crippen molar-refractivity contribution in [2.24, 2.45) is 0 Å². The van der Waals surface area contributed by atoms with E-state index in [1.165, 1.54) is 14.2 Å². The number of carbonyl (C=O) groups excluding carboxylic acids is 2. The topological polar surface area (TPSA) is 90.7 Å². The van der Waals surface area contributed by atoms with Gasteiger partial charge in [-0.25, -0.2) is 9.78 Å². The third-order valence-corrected chi connectivity index (χ3v) is 3.23. The first-order valence-corrected chi connectivity index (χ1v) is 6.93. The average Bonchev–Trinajstić information content (AvgIpc) is 2.90. The minimum Gasteiger partial charge on any atom is -0.496 e. The molecule has 0 bridgehead atoms. The van der Waals surface area contributed by atoms with Gasteiger partial charge in [-0.05, 0) is 24.6 Å². The molecule has 23 heavy (non-hydrogen) atoms. The van der Waals surface area contributed by atoms with Crippen LogP contribution in [0.2, 0.25) is 0 Å². The Hall–Kier alpha value is -2.83. The van der Waals surface area contributed by atoms with Crippen LogP contribution in [-0.2, 0) is 11.3 Å². The smallest absolute Gasteiger partial charge is 0.341 e. The van der Waals surface area contributed by atoms with E-state index in [0.717, 1.165) is 5.56 Å². The van der Waals surface area contributed by atoms with Crippen LogP contribution in [0, 0.1) is 13.8 Å². The number of hydrogen-bond donors (Lipinski definition) is 1. The van der Waals surface area contributed by atoms with Gasteiger partial charge in [-0.15, -0.1) is 0 Å². The highest BCUT2D eigenvalue weighted by molar-refractivity contribution is 5.93. The summed E-state index contributed by atoms with van der Waals surface area (Å²) in [6.07, 6.45) is 0. The Labute approximate surface area is 133 Å². The maximum Gasteiger partial charge on any atom is 0.341 e. The zero-order chi connectivity index (χ0) is 17.0. The van der Waals surface area contributed by atoms with E-state index in [9.17, 15) is 9.59 Å². The van der Waals surface area contributed by atoms with Crippen LogP contribution in [0.4, 0.5) is 0 Å². The van der Waals surface area contributed by atoms with E-state index in [1.807, 2.05) is 0 Å². The molecule has 2 rings (SSSR count). The Balaban J connectivity index is 2.13. The molecule has 0 aliphatic rings. The van der Waals surface area contributed by atoms with Gasteiger partial charge in [0, 0.05) is 13.5 Å². The Morgan fingerprint density at radius 3 is 2.57 bits per heavy atom.